The summed E-state index contributed by atoms with van der Waals surface area (Å²) < 4.78 is 5.59. The number of alkyl carbamates (subject to hydrolysis) is 1. The number of benzene rings is 1. The summed E-state index contributed by atoms with van der Waals surface area (Å²) in [5.74, 6) is 0. The van der Waals surface area contributed by atoms with E-state index in [0.717, 1.165) is 38.5 Å². The van der Waals surface area contributed by atoms with Crippen LogP contribution in [0.15, 0.2) is 42.7 Å². The number of amides is 1. The largest absolute Gasteiger partial charge is 0.446 e. The predicted octanol–water partition coefficient (Wildman–Crippen LogP) is 3.46. The summed E-state index contributed by atoms with van der Waals surface area (Å²) in [6.45, 7) is 1.13. The lowest BCUT2D eigenvalue weighted by molar-refractivity contribution is 0.0856. The second-order valence-electron chi connectivity index (χ2n) is 6.72. The van der Waals surface area contributed by atoms with E-state index >= 15 is 0 Å². The first kappa shape index (κ1) is 18.4. The minimum absolute atomic E-state index is 0.0404. The number of hydrogen-bond acceptors (Lipinski definition) is 4. The van der Waals surface area contributed by atoms with Crippen molar-refractivity contribution in [1.82, 2.24) is 10.3 Å². The standard InChI is InChI=1S/C21H27N3O2/c22-12-5-13-24-21(25)26-18-8-4-9-19-17(10-11-18)14-23-15-20(19)16-6-2-1-3-7-16/h1-3,6-7,14-15,18H,4-5,8-13,22H2,(H,24,25). The van der Waals surface area contributed by atoms with Crippen molar-refractivity contribution in [3.05, 3.63) is 53.9 Å². The average Bonchev–Trinajstić information content (AvgIpc) is 2.65. The van der Waals surface area contributed by atoms with Crippen LogP contribution in [-0.2, 0) is 17.6 Å². The van der Waals surface area contributed by atoms with Gasteiger partial charge in [0, 0.05) is 24.5 Å². The molecule has 5 heteroatoms. The van der Waals surface area contributed by atoms with E-state index in [1.54, 1.807) is 0 Å². The topological polar surface area (TPSA) is 77.2 Å². The summed E-state index contributed by atoms with van der Waals surface area (Å²) in [7, 11) is 0. The van der Waals surface area contributed by atoms with Crippen molar-refractivity contribution in [2.24, 2.45) is 5.73 Å². The maximum atomic E-state index is 11.9. The predicted molar refractivity (Wildman–Crippen MR) is 103 cm³/mol. The average molecular weight is 353 g/mol. The van der Waals surface area contributed by atoms with E-state index < -0.39 is 0 Å². The summed E-state index contributed by atoms with van der Waals surface area (Å²) in [6, 6.07) is 10.4. The Morgan fingerprint density at radius 1 is 1.19 bits per heavy atom. The number of ether oxygens (including phenoxy) is 1. The van der Waals surface area contributed by atoms with Gasteiger partial charge in [-0.3, -0.25) is 4.98 Å². The van der Waals surface area contributed by atoms with Crippen LogP contribution in [0.1, 0.15) is 36.8 Å². The molecule has 0 radical (unpaired) electrons. The molecule has 0 bridgehead atoms. The second-order valence-corrected chi connectivity index (χ2v) is 6.72. The summed E-state index contributed by atoms with van der Waals surface area (Å²) in [5.41, 5.74) is 10.5. The van der Waals surface area contributed by atoms with Crippen molar-refractivity contribution < 1.29 is 9.53 Å². The van der Waals surface area contributed by atoms with Gasteiger partial charge in [-0.2, -0.15) is 0 Å². The quantitative estimate of drug-likeness (QED) is 0.807. The molecule has 1 aromatic heterocycles. The van der Waals surface area contributed by atoms with Crippen molar-refractivity contribution in [1.29, 1.82) is 0 Å². The SMILES string of the molecule is NCCCNC(=O)OC1CCCc2c(cncc2-c2ccccc2)CC1. The Balaban J connectivity index is 1.66. The van der Waals surface area contributed by atoms with Gasteiger partial charge in [0.2, 0.25) is 0 Å². The lowest BCUT2D eigenvalue weighted by atomic mass is 9.88. The molecular weight excluding hydrogens is 326 g/mol. The summed E-state index contributed by atoms with van der Waals surface area (Å²) in [4.78, 5) is 16.3. The highest BCUT2D eigenvalue weighted by Crippen LogP contribution is 2.30. The lowest BCUT2D eigenvalue weighted by Crippen LogP contribution is -2.31. The van der Waals surface area contributed by atoms with Crippen LogP contribution in [0.3, 0.4) is 0 Å². The molecule has 3 rings (SSSR count). The van der Waals surface area contributed by atoms with Gasteiger partial charge in [0.1, 0.15) is 6.10 Å². The van der Waals surface area contributed by atoms with Crippen molar-refractivity contribution in [2.45, 2.75) is 44.6 Å². The highest BCUT2D eigenvalue weighted by molar-refractivity contribution is 5.68. The fourth-order valence-corrected chi connectivity index (χ4v) is 3.48. The molecule has 138 valence electrons. The van der Waals surface area contributed by atoms with Gasteiger partial charge in [0.15, 0.2) is 0 Å². The van der Waals surface area contributed by atoms with Gasteiger partial charge in [-0.05, 0) is 61.8 Å². The van der Waals surface area contributed by atoms with Crippen LogP contribution in [-0.4, -0.2) is 30.3 Å². The second kappa shape index (κ2) is 9.34. The van der Waals surface area contributed by atoms with E-state index in [2.05, 4.69) is 34.6 Å². The fourth-order valence-electron chi connectivity index (χ4n) is 3.48. The molecule has 0 aliphatic heterocycles. The molecule has 2 aromatic rings. The number of aromatic nitrogens is 1. The number of hydrogen-bond donors (Lipinski definition) is 2. The number of nitrogens with two attached hydrogens (primary N) is 1. The van der Waals surface area contributed by atoms with E-state index in [9.17, 15) is 4.79 Å². The van der Waals surface area contributed by atoms with Gasteiger partial charge in [-0.1, -0.05) is 30.3 Å². The minimum Gasteiger partial charge on any atom is -0.446 e. The summed E-state index contributed by atoms with van der Waals surface area (Å²) in [6.07, 6.45) is 8.90. The molecule has 1 unspecified atom stereocenters. The van der Waals surface area contributed by atoms with Crippen LogP contribution >= 0.6 is 0 Å². The van der Waals surface area contributed by atoms with Gasteiger partial charge in [0.25, 0.3) is 0 Å². The summed E-state index contributed by atoms with van der Waals surface area (Å²) >= 11 is 0. The van der Waals surface area contributed by atoms with Gasteiger partial charge >= 0.3 is 6.09 Å². The van der Waals surface area contributed by atoms with Crippen LogP contribution in [0.2, 0.25) is 0 Å². The Morgan fingerprint density at radius 2 is 2.04 bits per heavy atom. The number of carbonyl (C=O) groups excluding carboxylic acids is 1. The number of carbonyl (C=O) groups is 1. The molecule has 1 aromatic carbocycles. The first-order chi connectivity index (χ1) is 12.8. The molecule has 0 saturated heterocycles. The fraction of sp³-hybridized carbons (Fsp3) is 0.429. The normalized spacial score (nSPS) is 16.9. The number of rotatable bonds is 5. The molecule has 0 fully saturated rings. The van der Waals surface area contributed by atoms with Crippen LogP contribution < -0.4 is 11.1 Å². The first-order valence-corrected chi connectivity index (χ1v) is 9.43. The Hall–Kier alpha value is -2.40. The molecule has 0 spiro atoms. The third kappa shape index (κ3) is 4.82. The lowest BCUT2D eigenvalue weighted by Gasteiger charge is -2.23. The van der Waals surface area contributed by atoms with E-state index in [1.165, 1.54) is 22.3 Å². The van der Waals surface area contributed by atoms with Gasteiger partial charge in [-0.15, -0.1) is 0 Å². The zero-order chi connectivity index (χ0) is 18.2. The number of nitrogens with one attached hydrogen (secondary N) is 1. The van der Waals surface area contributed by atoms with Gasteiger partial charge in [0.05, 0.1) is 0 Å². The molecule has 1 aliphatic carbocycles. The molecule has 1 atom stereocenters. The summed E-state index contributed by atoms with van der Waals surface area (Å²) in [5, 5.41) is 2.76. The third-order valence-electron chi connectivity index (χ3n) is 4.84. The highest BCUT2D eigenvalue weighted by Gasteiger charge is 2.20. The molecule has 1 amide bonds. The van der Waals surface area contributed by atoms with E-state index in [0.29, 0.717) is 13.1 Å². The molecule has 1 aliphatic rings. The smallest absolute Gasteiger partial charge is 0.407 e. The Morgan fingerprint density at radius 3 is 2.85 bits per heavy atom. The van der Waals surface area contributed by atoms with E-state index in [4.69, 9.17) is 10.5 Å². The van der Waals surface area contributed by atoms with Crippen LogP contribution in [0, 0.1) is 0 Å². The van der Waals surface area contributed by atoms with E-state index in [-0.39, 0.29) is 12.2 Å². The van der Waals surface area contributed by atoms with Crippen LogP contribution in [0.25, 0.3) is 11.1 Å². The van der Waals surface area contributed by atoms with Crippen molar-refractivity contribution in [3.63, 3.8) is 0 Å². The molecule has 26 heavy (non-hydrogen) atoms. The monoisotopic (exact) mass is 353 g/mol. The van der Waals surface area contributed by atoms with Crippen molar-refractivity contribution in [2.75, 3.05) is 13.1 Å². The van der Waals surface area contributed by atoms with Crippen molar-refractivity contribution in [3.8, 4) is 11.1 Å². The highest BCUT2D eigenvalue weighted by atomic mass is 16.6. The van der Waals surface area contributed by atoms with Crippen molar-refractivity contribution >= 4 is 6.09 Å². The molecule has 5 nitrogen and oxygen atoms in total. The number of fused-ring (bicyclic) bond motifs is 1. The van der Waals surface area contributed by atoms with Crippen LogP contribution in [0.5, 0.6) is 0 Å². The molecule has 1 heterocycles. The maximum absolute atomic E-state index is 11.9. The first-order valence-electron chi connectivity index (χ1n) is 9.43. The number of aryl methyl sites for hydroxylation is 1. The Bertz CT molecular complexity index is 718. The molecule has 3 N–H and O–H groups in total. The Kier molecular flexibility index (Phi) is 6.61. The van der Waals surface area contributed by atoms with E-state index in [1.807, 2.05) is 18.5 Å². The zero-order valence-corrected chi connectivity index (χ0v) is 15.1. The van der Waals surface area contributed by atoms with Crippen LogP contribution in [0.4, 0.5) is 4.79 Å². The Labute approximate surface area is 155 Å². The number of nitrogens with zero attached hydrogens (tertiary/aromatic N) is 1. The molecular formula is C21H27N3O2. The van der Waals surface area contributed by atoms with Gasteiger partial charge < -0.3 is 15.8 Å². The minimum atomic E-state index is -0.333. The zero-order valence-electron chi connectivity index (χ0n) is 15.1. The molecule has 0 saturated carbocycles. The maximum Gasteiger partial charge on any atom is 0.407 e. The number of pyridine rings is 1. The third-order valence-corrected chi connectivity index (χ3v) is 4.84. The van der Waals surface area contributed by atoms with Gasteiger partial charge in [-0.25, -0.2) is 4.79 Å².